The van der Waals surface area contributed by atoms with Gasteiger partial charge in [-0.25, -0.2) is 9.97 Å². The first-order valence-corrected chi connectivity index (χ1v) is 10.9. The van der Waals surface area contributed by atoms with Crippen molar-refractivity contribution in [1.29, 1.82) is 0 Å². The van der Waals surface area contributed by atoms with Gasteiger partial charge in [0.2, 0.25) is 0 Å². The Morgan fingerprint density at radius 3 is 2.83 bits per heavy atom. The van der Waals surface area contributed by atoms with Gasteiger partial charge in [0.15, 0.2) is 5.13 Å². The van der Waals surface area contributed by atoms with Gasteiger partial charge in [0.25, 0.3) is 5.91 Å². The molecule has 30 heavy (non-hydrogen) atoms. The molecule has 1 aliphatic rings. The standard InChI is InChI=1S/C21H23ClN6OS/c1-12-5-3-6-14(22)17(12)18-19(20(23)29)30-21(27-18)26-15-7-4-8-16(25-15)28-10-9-24-13(2)11-28/h3-8,13,24H,9-11H2,1-2H3,(H2,23,29)(H,25,26,27). The number of amides is 1. The third-order valence-electron chi connectivity index (χ3n) is 4.97. The predicted molar refractivity (Wildman–Crippen MR) is 123 cm³/mol. The van der Waals surface area contributed by atoms with Crippen LogP contribution < -0.4 is 21.3 Å². The zero-order chi connectivity index (χ0) is 21.3. The fourth-order valence-corrected chi connectivity index (χ4v) is 4.70. The molecule has 1 aliphatic heterocycles. The summed E-state index contributed by atoms with van der Waals surface area (Å²) < 4.78 is 0. The SMILES string of the molecule is Cc1cccc(Cl)c1-c1nc(Nc2cccc(N3CCNC(C)C3)n2)sc1C(N)=O. The number of anilines is 3. The lowest BCUT2D eigenvalue weighted by atomic mass is 10.0. The van der Waals surface area contributed by atoms with Gasteiger partial charge in [-0.3, -0.25) is 4.79 Å². The van der Waals surface area contributed by atoms with Gasteiger partial charge in [-0.05, 0) is 37.6 Å². The van der Waals surface area contributed by atoms with Crippen LogP contribution in [0, 0.1) is 6.92 Å². The normalized spacial score (nSPS) is 16.5. The number of carbonyl (C=O) groups excluding carboxylic acids is 1. The molecule has 9 heteroatoms. The first-order valence-electron chi connectivity index (χ1n) is 9.71. The number of hydrogen-bond acceptors (Lipinski definition) is 7. The van der Waals surface area contributed by atoms with Gasteiger partial charge in [0, 0.05) is 31.2 Å². The maximum absolute atomic E-state index is 12.1. The first kappa shape index (κ1) is 20.6. The summed E-state index contributed by atoms with van der Waals surface area (Å²) in [6.45, 7) is 6.82. The highest BCUT2D eigenvalue weighted by molar-refractivity contribution is 7.18. The number of pyridine rings is 1. The Morgan fingerprint density at radius 1 is 1.30 bits per heavy atom. The van der Waals surface area contributed by atoms with E-state index in [0.29, 0.717) is 38.1 Å². The van der Waals surface area contributed by atoms with Crippen molar-refractivity contribution >= 4 is 45.6 Å². The number of halogens is 1. The molecule has 1 amide bonds. The number of rotatable bonds is 5. The van der Waals surface area contributed by atoms with Gasteiger partial charge in [-0.1, -0.05) is 41.1 Å². The largest absolute Gasteiger partial charge is 0.365 e. The number of carbonyl (C=O) groups is 1. The second kappa shape index (κ2) is 8.59. The van der Waals surface area contributed by atoms with Gasteiger partial charge in [0.05, 0.1) is 10.7 Å². The highest BCUT2D eigenvalue weighted by atomic mass is 35.5. The Kier molecular flexibility index (Phi) is 5.90. The van der Waals surface area contributed by atoms with Crippen molar-refractivity contribution in [3.8, 4) is 11.3 Å². The first-order chi connectivity index (χ1) is 14.4. The van der Waals surface area contributed by atoms with Gasteiger partial charge < -0.3 is 21.3 Å². The molecule has 1 aromatic carbocycles. The summed E-state index contributed by atoms with van der Waals surface area (Å²) in [6.07, 6.45) is 0. The molecule has 0 saturated carbocycles. The van der Waals surface area contributed by atoms with Crippen molar-refractivity contribution < 1.29 is 4.79 Å². The molecule has 0 aliphatic carbocycles. The highest BCUT2D eigenvalue weighted by Crippen LogP contribution is 2.37. The number of aryl methyl sites for hydroxylation is 1. The fourth-order valence-electron chi connectivity index (χ4n) is 3.56. The summed E-state index contributed by atoms with van der Waals surface area (Å²) in [7, 11) is 0. The molecule has 0 bridgehead atoms. The molecule has 3 aromatic rings. The summed E-state index contributed by atoms with van der Waals surface area (Å²) >= 11 is 7.60. The lowest BCUT2D eigenvalue weighted by molar-refractivity contribution is 0.100. The minimum atomic E-state index is -0.536. The number of thiazole rings is 1. The van der Waals surface area contributed by atoms with Crippen LogP contribution in [0.5, 0.6) is 0 Å². The molecule has 0 spiro atoms. The highest BCUT2D eigenvalue weighted by Gasteiger charge is 2.22. The Morgan fingerprint density at radius 2 is 2.10 bits per heavy atom. The number of hydrogen-bond donors (Lipinski definition) is 3. The molecular weight excluding hydrogens is 420 g/mol. The molecule has 0 radical (unpaired) electrons. The average Bonchev–Trinajstić information content (AvgIpc) is 3.12. The number of aromatic nitrogens is 2. The van der Waals surface area contributed by atoms with Gasteiger partial charge in [-0.2, -0.15) is 0 Å². The molecule has 156 valence electrons. The van der Waals surface area contributed by atoms with E-state index in [2.05, 4.69) is 27.4 Å². The van der Waals surface area contributed by atoms with E-state index in [4.69, 9.17) is 22.3 Å². The molecule has 1 unspecified atom stereocenters. The van der Waals surface area contributed by atoms with Gasteiger partial charge >= 0.3 is 0 Å². The molecule has 1 atom stereocenters. The molecule has 1 saturated heterocycles. The monoisotopic (exact) mass is 442 g/mol. The number of nitrogens with zero attached hydrogens (tertiary/aromatic N) is 3. The van der Waals surface area contributed by atoms with E-state index in [0.717, 1.165) is 31.0 Å². The minimum absolute atomic E-state index is 0.362. The Bertz CT molecular complexity index is 1060. The number of nitrogens with two attached hydrogens (primary N) is 1. The van der Waals surface area contributed by atoms with Crippen LogP contribution in [0.25, 0.3) is 11.3 Å². The summed E-state index contributed by atoms with van der Waals surface area (Å²) in [5.41, 5.74) is 7.76. The Balaban J connectivity index is 1.65. The van der Waals surface area contributed by atoms with E-state index in [-0.39, 0.29) is 0 Å². The molecule has 1 fully saturated rings. The second-order valence-corrected chi connectivity index (χ2v) is 8.71. The number of piperazine rings is 1. The number of benzene rings is 1. The molecule has 2 aromatic heterocycles. The third kappa shape index (κ3) is 4.26. The molecule has 7 nitrogen and oxygen atoms in total. The zero-order valence-electron chi connectivity index (χ0n) is 16.8. The van der Waals surface area contributed by atoms with E-state index < -0.39 is 5.91 Å². The Hall–Kier alpha value is -2.68. The lowest BCUT2D eigenvalue weighted by Gasteiger charge is -2.32. The second-order valence-electron chi connectivity index (χ2n) is 7.30. The maximum atomic E-state index is 12.1. The summed E-state index contributed by atoms with van der Waals surface area (Å²) in [5, 5.41) is 7.72. The zero-order valence-corrected chi connectivity index (χ0v) is 18.3. The average molecular weight is 443 g/mol. The van der Waals surface area contributed by atoms with Crippen molar-refractivity contribution in [3.05, 3.63) is 51.9 Å². The Labute approximate surface area is 184 Å². The topological polar surface area (TPSA) is 96.2 Å². The molecule has 4 rings (SSSR count). The van der Waals surface area contributed by atoms with Crippen LogP contribution in [0.4, 0.5) is 16.8 Å². The maximum Gasteiger partial charge on any atom is 0.261 e. The van der Waals surface area contributed by atoms with E-state index in [1.807, 2.05) is 37.3 Å². The predicted octanol–water partition coefficient (Wildman–Crippen LogP) is 3.81. The van der Waals surface area contributed by atoms with E-state index in [1.54, 1.807) is 6.07 Å². The van der Waals surface area contributed by atoms with Crippen LogP contribution in [-0.2, 0) is 0 Å². The van der Waals surface area contributed by atoms with E-state index in [1.165, 1.54) is 11.3 Å². The van der Waals surface area contributed by atoms with Crippen LogP contribution in [0.2, 0.25) is 5.02 Å². The van der Waals surface area contributed by atoms with Crippen LogP contribution in [-0.4, -0.2) is 41.6 Å². The lowest BCUT2D eigenvalue weighted by Crippen LogP contribution is -2.49. The molecule has 3 heterocycles. The van der Waals surface area contributed by atoms with Gasteiger partial charge in [0.1, 0.15) is 16.5 Å². The van der Waals surface area contributed by atoms with Crippen LogP contribution in [0.3, 0.4) is 0 Å². The third-order valence-corrected chi connectivity index (χ3v) is 6.27. The minimum Gasteiger partial charge on any atom is -0.365 e. The fraction of sp³-hybridized carbons (Fsp3) is 0.286. The molecular formula is C21H23ClN6OS. The van der Waals surface area contributed by atoms with Crippen molar-refractivity contribution in [3.63, 3.8) is 0 Å². The van der Waals surface area contributed by atoms with Crippen LogP contribution >= 0.6 is 22.9 Å². The van der Waals surface area contributed by atoms with E-state index >= 15 is 0 Å². The number of primary amides is 1. The van der Waals surface area contributed by atoms with Crippen molar-refractivity contribution in [2.45, 2.75) is 19.9 Å². The summed E-state index contributed by atoms with van der Waals surface area (Å²) in [4.78, 5) is 24.0. The van der Waals surface area contributed by atoms with Gasteiger partial charge in [-0.15, -0.1) is 0 Å². The van der Waals surface area contributed by atoms with Crippen molar-refractivity contribution in [1.82, 2.24) is 15.3 Å². The van der Waals surface area contributed by atoms with Crippen molar-refractivity contribution in [2.75, 3.05) is 29.9 Å². The smallest absolute Gasteiger partial charge is 0.261 e. The quantitative estimate of drug-likeness (QED) is 0.556. The van der Waals surface area contributed by atoms with Crippen molar-refractivity contribution in [2.24, 2.45) is 5.73 Å². The van der Waals surface area contributed by atoms with E-state index in [9.17, 15) is 4.79 Å². The molecule has 4 N–H and O–H groups in total. The van der Waals surface area contributed by atoms with Crippen LogP contribution in [0.1, 0.15) is 22.2 Å². The summed E-state index contributed by atoms with van der Waals surface area (Å²) in [5.74, 6) is 1.03. The van der Waals surface area contributed by atoms with Crippen LogP contribution in [0.15, 0.2) is 36.4 Å². The summed E-state index contributed by atoms with van der Waals surface area (Å²) in [6, 6.07) is 11.8. The number of nitrogens with one attached hydrogen (secondary N) is 2.